The summed E-state index contributed by atoms with van der Waals surface area (Å²) in [5.41, 5.74) is 5.70. The zero-order chi connectivity index (χ0) is 11.5. The van der Waals surface area contributed by atoms with Crippen molar-refractivity contribution < 1.29 is 0 Å². The molecular weight excluding hydrogens is 196 g/mol. The van der Waals surface area contributed by atoms with Crippen molar-refractivity contribution >= 4 is 0 Å². The zero-order valence-corrected chi connectivity index (χ0v) is 10.2. The van der Waals surface area contributed by atoms with Crippen molar-refractivity contribution in [3.8, 4) is 0 Å². The van der Waals surface area contributed by atoms with Crippen LogP contribution in [0.4, 0.5) is 0 Å². The summed E-state index contributed by atoms with van der Waals surface area (Å²) in [5, 5.41) is 0. The lowest BCUT2D eigenvalue weighted by atomic mass is 9.91. The molecule has 0 radical (unpaired) electrons. The molecule has 2 atom stereocenters. The smallest absolute Gasteiger partial charge is 0.0279 e. The molecular formula is C14H22N2. The molecule has 0 saturated heterocycles. The Morgan fingerprint density at radius 2 is 2.19 bits per heavy atom. The molecule has 0 bridgehead atoms. The molecule has 2 rings (SSSR count). The zero-order valence-electron chi connectivity index (χ0n) is 10.2. The Kier molecular flexibility index (Phi) is 3.62. The molecule has 0 aliphatic heterocycles. The topological polar surface area (TPSA) is 38.0 Å². The van der Waals surface area contributed by atoms with E-state index in [2.05, 4.69) is 43.5 Å². The highest BCUT2D eigenvalue weighted by atomic mass is 15.2. The predicted octanol–water partition coefficient (Wildman–Crippen LogP) is 2.42. The summed E-state index contributed by atoms with van der Waals surface area (Å²) in [6.07, 6.45) is 3.80. The Morgan fingerprint density at radius 1 is 1.44 bits per heavy atom. The quantitative estimate of drug-likeness (QED) is 0.588. The lowest BCUT2D eigenvalue weighted by molar-refractivity contribution is 0.343. The molecule has 1 fully saturated rings. The van der Waals surface area contributed by atoms with Gasteiger partial charge in [0.25, 0.3) is 0 Å². The van der Waals surface area contributed by atoms with E-state index in [1.165, 1.54) is 24.0 Å². The van der Waals surface area contributed by atoms with E-state index in [9.17, 15) is 0 Å². The van der Waals surface area contributed by atoms with Gasteiger partial charge in [0.15, 0.2) is 0 Å². The van der Waals surface area contributed by atoms with Gasteiger partial charge in [-0.25, -0.2) is 0 Å². The SMILES string of the molecule is Cc1cccc(CC(NN)C(C)C2CC2)c1. The van der Waals surface area contributed by atoms with Crippen LogP contribution >= 0.6 is 0 Å². The maximum Gasteiger partial charge on any atom is 0.0279 e. The lowest BCUT2D eigenvalue weighted by Gasteiger charge is -2.23. The Hall–Kier alpha value is -0.860. The van der Waals surface area contributed by atoms with Crippen LogP contribution in [0, 0.1) is 18.8 Å². The molecule has 1 aromatic rings. The van der Waals surface area contributed by atoms with Crippen LogP contribution in [0.1, 0.15) is 30.9 Å². The first kappa shape index (κ1) is 11.6. The summed E-state index contributed by atoms with van der Waals surface area (Å²) in [5.74, 6) is 7.26. The number of benzene rings is 1. The summed E-state index contributed by atoms with van der Waals surface area (Å²) in [6, 6.07) is 9.12. The minimum Gasteiger partial charge on any atom is -0.271 e. The van der Waals surface area contributed by atoms with Gasteiger partial charge in [0.2, 0.25) is 0 Å². The van der Waals surface area contributed by atoms with Gasteiger partial charge in [0.05, 0.1) is 0 Å². The van der Waals surface area contributed by atoms with Gasteiger partial charge in [-0.05, 0) is 43.6 Å². The molecule has 2 nitrogen and oxygen atoms in total. The first-order valence-corrected chi connectivity index (χ1v) is 6.22. The van der Waals surface area contributed by atoms with Gasteiger partial charge >= 0.3 is 0 Å². The summed E-state index contributed by atoms with van der Waals surface area (Å²) in [7, 11) is 0. The summed E-state index contributed by atoms with van der Waals surface area (Å²) in [6.45, 7) is 4.46. The number of hydrogen-bond donors (Lipinski definition) is 2. The molecule has 0 amide bonds. The van der Waals surface area contributed by atoms with Gasteiger partial charge in [-0.1, -0.05) is 36.8 Å². The first-order chi connectivity index (χ1) is 7.70. The second-order valence-corrected chi connectivity index (χ2v) is 5.16. The molecule has 1 aromatic carbocycles. The number of nitrogens with two attached hydrogens (primary N) is 1. The standard InChI is InChI=1S/C14H22N2/c1-10-4-3-5-12(8-10)9-14(16-15)11(2)13-6-7-13/h3-5,8,11,13-14,16H,6-7,9,15H2,1-2H3. The number of nitrogens with one attached hydrogen (secondary N) is 1. The summed E-state index contributed by atoms with van der Waals surface area (Å²) >= 11 is 0. The van der Waals surface area contributed by atoms with Gasteiger partial charge < -0.3 is 0 Å². The molecule has 1 aliphatic carbocycles. The van der Waals surface area contributed by atoms with Crippen LogP contribution in [0.2, 0.25) is 0 Å². The van der Waals surface area contributed by atoms with Gasteiger partial charge in [-0.2, -0.15) is 0 Å². The van der Waals surface area contributed by atoms with Crippen LogP contribution < -0.4 is 11.3 Å². The number of hydrogen-bond acceptors (Lipinski definition) is 2. The van der Waals surface area contributed by atoms with Crippen molar-refractivity contribution in [2.24, 2.45) is 17.7 Å². The van der Waals surface area contributed by atoms with Crippen molar-refractivity contribution in [1.82, 2.24) is 5.43 Å². The second kappa shape index (κ2) is 4.98. The van der Waals surface area contributed by atoms with Crippen LogP contribution in [-0.2, 0) is 6.42 Å². The van der Waals surface area contributed by atoms with Crippen molar-refractivity contribution in [3.63, 3.8) is 0 Å². The van der Waals surface area contributed by atoms with Crippen LogP contribution in [0.3, 0.4) is 0 Å². The van der Waals surface area contributed by atoms with Crippen molar-refractivity contribution in [3.05, 3.63) is 35.4 Å². The van der Waals surface area contributed by atoms with Gasteiger partial charge in [0, 0.05) is 6.04 Å². The van der Waals surface area contributed by atoms with Gasteiger partial charge in [-0.15, -0.1) is 0 Å². The molecule has 3 N–H and O–H groups in total. The van der Waals surface area contributed by atoms with Crippen LogP contribution in [0.5, 0.6) is 0 Å². The Bertz CT molecular complexity index is 344. The fourth-order valence-electron chi connectivity index (χ4n) is 2.44. The lowest BCUT2D eigenvalue weighted by Crippen LogP contribution is -2.42. The van der Waals surface area contributed by atoms with Crippen molar-refractivity contribution in [1.29, 1.82) is 0 Å². The van der Waals surface area contributed by atoms with E-state index in [1.807, 2.05) is 0 Å². The maximum absolute atomic E-state index is 5.68. The largest absolute Gasteiger partial charge is 0.271 e. The minimum atomic E-state index is 0.411. The highest BCUT2D eigenvalue weighted by Crippen LogP contribution is 2.38. The summed E-state index contributed by atoms with van der Waals surface area (Å²) in [4.78, 5) is 0. The molecule has 1 saturated carbocycles. The van der Waals surface area contributed by atoms with E-state index in [0.717, 1.165) is 12.3 Å². The van der Waals surface area contributed by atoms with Gasteiger partial charge in [0.1, 0.15) is 0 Å². The van der Waals surface area contributed by atoms with E-state index < -0.39 is 0 Å². The third-order valence-electron chi connectivity index (χ3n) is 3.75. The fourth-order valence-corrected chi connectivity index (χ4v) is 2.44. The predicted molar refractivity (Wildman–Crippen MR) is 67.9 cm³/mol. The third-order valence-corrected chi connectivity index (χ3v) is 3.75. The molecule has 88 valence electrons. The van der Waals surface area contributed by atoms with Crippen LogP contribution in [0.15, 0.2) is 24.3 Å². The van der Waals surface area contributed by atoms with E-state index in [1.54, 1.807) is 0 Å². The Morgan fingerprint density at radius 3 is 2.75 bits per heavy atom. The van der Waals surface area contributed by atoms with E-state index in [4.69, 9.17) is 5.84 Å². The number of rotatable bonds is 5. The normalized spacial score (nSPS) is 19.4. The third kappa shape index (κ3) is 2.83. The van der Waals surface area contributed by atoms with E-state index in [0.29, 0.717) is 12.0 Å². The molecule has 16 heavy (non-hydrogen) atoms. The molecule has 0 aromatic heterocycles. The van der Waals surface area contributed by atoms with Gasteiger partial charge in [-0.3, -0.25) is 11.3 Å². The molecule has 0 heterocycles. The Labute approximate surface area is 98.2 Å². The maximum atomic E-state index is 5.68. The first-order valence-electron chi connectivity index (χ1n) is 6.22. The highest BCUT2D eigenvalue weighted by Gasteiger charge is 2.32. The Balaban J connectivity index is 2.00. The van der Waals surface area contributed by atoms with Crippen molar-refractivity contribution in [2.75, 3.05) is 0 Å². The van der Waals surface area contributed by atoms with Crippen LogP contribution in [-0.4, -0.2) is 6.04 Å². The fraction of sp³-hybridized carbons (Fsp3) is 0.571. The number of hydrazine groups is 1. The minimum absolute atomic E-state index is 0.411. The van der Waals surface area contributed by atoms with E-state index >= 15 is 0 Å². The number of aryl methyl sites for hydroxylation is 1. The monoisotopic (exact) mass is 218 g/mol. The molecule has 1 aliphatic rings. The highest BCUT2D eigenvalue weighted by molar-refractivity contribution is 5.23. The van der Waals surface area contributed by atoms with Crippen LogP contribution in [0.25, 0.3) is 0 Å². The molecule has 2 heteroatoms. The second-order valence-electron chi connectivity index (χ2n) is 5.16. The van der Waals surface area contributed by atoms with E-state index in [-0.39, 0.29) is 0 Å². The summed E-state index contributed by atoms with van der Waals surface area (Å²) < 4.78 is 0. The average molecular weight is 218 g/mol. The molecule has 2 unspecified atom stereocenters. The average Bonchev–Trinajstić information content (AvgIpc) is 3.09. The van der Waals surface area contributed by atoms with Crippen molar-refractivity contribution in [2.45, 2.75) is 39.2 Å². The molecule has 0 spiro atoms.